The fraction of sp³-hybridized carbons (Fsp3) is 0.627. The smallest absolute Gasteiger partial charge is 0.408 e. The highest BCUT2D eigenvalue weighted by atomic mass is 16.6. The van der Waals surface area contributed by atoms with Gasteiger partial charge in [-0.3, -0.25) is 14.4 Å². The summed E-state index contributed by atoms with van der Waals surface area (Å²) >= 11 is 0. The largest absolute Gasteiger partial charge is 0.444 e. The van der Waals surface area contributed by atoms with Gasteiger partial charge in [0.25, 0.3) is 0 Å². The van der Waals surface area contributed by atoms with Gasteiger partial charge in [-0.15, -0.1) is 0 Å². The van der Waals surface area contributed by atoms with Gasteiger partial charge in [0, 0.05) is 19.6 Å². The van der Waals surface area contributed by atoms with Crippen LogP contribution >= 0.6 is 0 Å². The number of carbonyl (C=O) groups is 7. The quantitative estimate of drug-likeness (QED) is 0.0395. The van der Waals surface area contributed by atoms with Gasteiger partial charge in [-0.1, -0.05) is 60.7 Å². The first kappa shape index (κ1) is 59.1. The molecule has 18 heteroatoms. The molecule has 0 unspecified atom stereocenters. The standard InChI is InChI=1S/C51H81N7O11/c1-48(2,3)66-44(62)53-33-23-20-29-37(56-46(64)68-50(7,8)9)41(59)52-32-22-19-30-38(43(61)58-40(35-25-15-13-16-26-35)36-27-17-14-18-28-36)55-42(60)39(57-47(65)69-51(10,11)12)31-21-24-34-54-45(63)67-49(4,5)6/h13-18,25-28,37-40H,19-24,29-34H2,1-12H3,(H,52,59)(H,53,62)(H,54,63)(H,55,60)(H,56,64)(H,57,65)(H,58,61)/t37-,38-,39-/m1/s1. The number of alkyl carbamates (subject to hydrolysis) is 4. The molecule has 0 bridgehead atoms. The van der Waals surface area contributed by atoms with Crippen molar-refractivity contribution < 1.29 is 52.5 Å². The van der Waals surface area contributed by atoms with Crippen LogP contribution in [0.1, 0.15) is 158 Å². The molecule has 2 aromatic rings. The Morgan fingerprint density at radius 1 is 0.377 bits per heavy atom. The summed E-state index contributed by atoms with van der Waals surface area (Å²) in [6.07, 6.45) is 0.563. The van der Waals surface area contributed by atoms with E-state index in [0.29, 0.717) is 45.1 Å². The average molecular weight is 968 g/mol. The molecule has 0 aromatic heterocycles. The van der Waals surface area contributed by atoms with Crippen molar-refractivity contribution in [1.82, 2.24) is 37.2 Å². The highest BCUT2D eigenvalue weighted by molar-refractivity contribution is 5.91. The maximum atomic E-state index is 14.4. The van der Waals surface area contributed by atoms with Crippen molar-refractivity contribution in [1.29, 1.82) is 0 Å². The minimum absolute atomic E-state index is 0.160. The Bertz CT molecular complexity index is 1880. The first-order valence-corrected chi connectivity index (χ1v) is 24.0. The zero-order valence-electron chi connectivity index (χ0n) is 43.1. The van der Waals surface area contributed by atoms with Gasteiger partial charge in [0.2, 0.25) is 17.7 Å². The molecule has 18 nitrogen and oxygen atoms in total. The third kappa shape index (κ3) is 27.5. The monoisotopic (exact) mass is 968 g/mol. The maximum absolute atomic E-state index is 14.4. The van der Waals surface area contributed by atoms with Gasteiger partial charge in [0.05, 0.1) is 6.04 Å². The number of benzene rings is 2. The van der Waals surface area contributed by atoms with Crippen LogP contribution in [-0.2, 0) is 33.3 Å². The van der Waals surface area contributed by atoms with E-state index in [4.69, 9.17) is 18.9 Å². The molecule has 7 N–H and O–H groups in total. The summed E-state index contributed by atoms with van der Waals surface area (Å²) in [5.74, 6) is -1.51. The van der Waals surface area contributed by atoms with E-state index in [2.05, 4.69) is 37.2 Å². The summed E-state index contributed by atoms with van der Waals surface area (Å²) in [4.78, 5) is 92.2. The first-order chi connectivity index (χ1) is 32.1. The SMILES string of the molecule is CC(C)(C)OC(=O)NCCCC[C@@H](NC(=O)OC(C)(C)C)C(=O)NCCCC[C@@H](NC(=O)[C@@H](CCCCNC(=O)OC(C)(C)C)NC(=O)OC(C)(C)C)C(=O)NC(c1ccccc1)c1ccccc1. The van der Waals surface area contributed by atoms with Crippen molar-refractivity contribution in [3.63, 3.8) is 0 Å². The van der Waals surface area contributed by atoms with Gasteiger partial charge < -0.3 is 56.2 Å². The molecule has 0 fully saturated rings. The van der Waals surface area contributed by atoms with Gasteiger partial charge in [0.1, 0.15) is 40.5 Å². The number of amides is 7. The van der Waals surface area contributed by atoms with E-state index >= 15 is 0 Å². The molecule has 7 amide bonds. The predicted molar refractivity (Wildman–Crippen MR) is 264 cm³/mol. The molecule has 0 saturated carbocycles. The Morgan fingerprint density at radius 2 is 0.681 bits per heavy atom. The lowest BCUT2D eigenvalue weighted by Crippen LogP contribution is -2.54. The Morgan fingerprint density at radius 3 is 1.04 bits per heavy atom. The number of unbranched alkanes of at least 4 members (excludes halogenated alkanes) is 3. The van der Waals surface area contributed by atoms with E-state index in [0.717, 1.165) is 11.1 Å². The Balaban J connectivity index is 2.26. The van der Waals surface area contributed by atoms with Gasteiger partial charge in [-0.25, -0.2) is 19.2 Å². The number of rotatable bonds is 24. The van der Waals surface area contributed by atoms with Crippen LogP contribution in [0, 0.1) is 0 Å². The van der Waals surface area contributed by atoms with Crippen molar-refractivity contribution >= 4 is 42.1 Å². The van der Waals surface area contributed by atoms with Crippen molar-refractivity contribution in [2.45, 2.75) is 187 Å². The minimum Gasteiger partial charge on any atom is -0.444 e. The topological polar surface area (TPSA) is 241 Å². The first-order valence-electron chi connectivity index (χ1n) is 24.0. The van der Waals surface area contributed by atoms with Crippen LogP contribution in [0.5, 0.6) is 0 Å². The Labute approximate surface area is 409 Å². The summed E-state index contributed by atoms with van der Waals surface area (Å²) in [5, 5.41) is 19.6. The molecule has 0 heterocycles. The molecule has 0 spiro atoms. The predicted octanol–water partition coefficient (Wildman–Crippen LogP) is 7.84. The van der Waals surface area contributed by atoms with E-state index in [1.807, 2.05) is 60.7 Å². The third-order valence-electron chi connectivity index (χ3n) is 9.59. The molecule has 0 aliphatic carbocycles. The molecule has 0 saturated heterocycles. The van der Waals surface area contributed by atoms with E-state index in [9.17, 15) is 33.6 Å². The molecule has 2 rings (SSSR count). The number of carbonyl (C=O) groups excluding carboxylic acids is 7. The number of hydrogen-bond acceptors (Lipinski definition) is 11. The minimum atomic E-state index is -1.10. The molecule has 0 aliphatic rings. The molecule has 69 heavy (non-hydrogen) atoms. The molecule has 0 aliphatic heterocycles. The molecule has 2 aromatic carbocycles. The van der Waals surface area contributed by atoms with Crippen LogP contribution in [-0.4, -0.2) is 102 Å². The second-order valence-electron chi connectivity index (χ2n) is 20.9. The zero-order valence-corrected chi connectivity index (χ0v) is 43.1. The second kappa shape index (κ2) is 28.4. The lowest BCUT2D eigenvalue weighted by atomic mass is 9.97. The van der Waals surface area contributed by atoms with Crippen molar-refractivity contribution in [3.05, 3.63) is 71.8 Å². The highest BCUT2D eigenvalue weighted by Gasteiger charge is 2.30. The van der Waals surface area contributed by atoms with E-state index in [-0.39, 0.29) is 32.4 Å². The van der Waals surface area contributed by atoms with E-state index in [1.165, 1.54) is 0 Å². The van der Waals surface area contributed by atoms with Crippen LogP contribution in [0.15, 0.2) is 60.7 Å². The third-order valence-corrected chi connectivity index (χ3v) is 9.59. The van der Waals surface area contributed by atoms with Gasteiger partial charge in [-0.05, 0) is 152 Å². The summed E-state index contributed by atoms with van der Waals surface area (Å²) in [5.41, 5.74) is -1.31. The molecular formula is C51H81N7O11. The average Bonchev–Trinajstić information content (AvgIpc) is 3.21. The summed E-state index contributed by atoms with van der Waals surface area (Å²) in [6.45, 7) is 21.6. The lowest BCUT2D eigenvalue weighted by Gasteiger charge is -2.27. The van der Waals surface area contributed by atoms with Crippen LogP contribution < -0.4 is 37.2 Å². The number of hydrogen-bond donors (Lipinski definition) is 7. The van der Waals surface area contributed by atoms with Crippen LogP contribution in [0.2, 0.25) is 0 Å². The molecular weight excluding hydrogens is 887 g/mol. The number of nitrogens with one attached hydrogen (secondary N) is 7. The van der Waals surface area contributed by atoms with Gasteiger partial charge >= 0.3 is 24.4 Å². The van der Waals surface area contributed by atoms with Gasteiger partial charge in [0.15, 0.2) is 0 Å². The highest BCUT2D eigenvalue weighted by Crippen LogP contribution is 2.23. The van der Waals surface area contributed by atoms with Crippen molar-refractivity contribution in [2.75, 3.05) is 19.6 Å². The number of ether oxygens (including phenoxy) is 4. The Kier molecular flexibility index (Phi) is 24.3. The van der Waals surface area contributed by atoms with Crippen LogP contribution in [0.4, 0.5) is 19.2 Å². The maximum Gasteiger partial charge on any atom is 0.408 e. The van der Waals surface area contributed by atoms with Gasteiger partial charge in [-0.2, -0.15) is 0 Å². The normalized spacial score (nSPS) is 13.1. The van der Waals surface area contributed by atoms with Crippen molar-refractivity contribution in [3.8, 4) is 0 Å². The van der Waals surface area contributed by atoms with E-state index in [1.54, 1.807) is 83.1 Å². The van der Waals surface area contributed by atoms with Crippen LogP contribution in [0.25, 0.3) is 0 Å². The zero-order chi connectivity index (χ0) is 51.8. The fourth-order valence-electron chi connectivity index (χ4n) is 6.64. The lowest BCUT2D eigenvalue weighted by molar-refractivity contribution is -0.130. The fourth-order valence-corrected chi connectivity index (χ4v) is 6.64. The van der Waals surface area contributed by atoms with Crippen molar-refractivity contribution in [2.24, 2.45) is 0 Å². The second-order valence-corrected chi connectivity index (χ2v) is 20.9. The summed E-state index contributed by atoms with van der Waals surface area (Å²) in [6, 6.07) is 15.2. The summed E-state index contributed by atoms with van der Waals surface area (Å²) in [7, 11) is 0. The molecule has 386 valence electrons. The molecule has 0 radical (unpaired) electrons. The van der Waals surface area contributed by atoms with Crippen LogP contribution in [0.3, 0.4) is 0 Å². The summed E-state index contributed by atoms with van der Waals surface area (Å²) < 4.78 is 21.5. The molecule has 3 atom stereocenters. The van der Waals surface area contributed by atoms with E-state index < -0.39 is 88.7 Å². The Hall–Kier alpha value is -6.07.